The maximum atomic E-state index is 12.7. The average Bonchev–Trinajstić information content (AvgIpc) is 3.18. The van der Waals surface area contributed by atoms with Gasteiger partial charge in [-0.15, -0.1) is 0 Å². The Morgan fingerprint density at radius 3 is 2.39 bits per heavy atom. The Kier molecular flexibility index (Phi) is 6.11. The molecule has 0 saturated heterocycles. The molecular weight excluding hydrogens is 411 g/mol. The number of hydrogen-bond acceptors (Lipinski definition) is 4. The number of halogens is 3. The van der Waals surface area contributed by atoms with E-state index in [0.717, 1.165) is 17.7 Å². The number of imidazole rings is 1. The number of hydrogen-bond donors (Lipinski definition) is 3. The second-order valence-corrected chi connectivity index (χ2v) is 7.15. The minimum atomic E-state index is -4.43. The van der Waals surface area contributed by atoms with Crippen LogP contribution in [0.25, 0.3) is 11.4 Å². The number of benzene rings is 2. The fourth-order valence-electron chi connectivity index (χ4n) is 2.91. The lowest BCUT2D eigenvalue weighted by molar-refractivity contribution is -0.137. The summed E-state index contributed by atoms with van der Waals surface area (Å²) in [5.41, 5.74) is 6.49. The quantitative estimate of drug-likeness (QED) is 0.556. The van der Waals surface area contributed by atoms with Crippen LogP contribution in [-0.2, 0) is 12.7 Å². The zero-order valence-electron chi connectivity index (χ0n) is 16.7. The van der Waals surface area contributed by atoms with Crippen LogP contribution in [0.1, 0.15) is 32.0 Å². The molecule has 0 radical (unpaired) electrons. The number of carbonyl (C=O) groups is 2. The van der Waals surface area contributed by atoms with Crippen molar-refractivity contribution in [3.63, 3.8) is 0 Å². The number of aromatic nitrogens is 2. The van der Waals surface area contributed by atoms with Crippen molar-refractivity contribution in [1.29, 1.82) is 0 Å². The van der Waals surface area contributed by atoms with Gasteiger partial charge in [0.15, 0.2) is 0 Å². The number of nitrogens with zero attached hydrogens (tertiary/aromatic N) is 2. The fraction of sp³-hybridized carbons (Fsp3) is 0.190. The molecular formula is C21H20F3N5O2. The predicted octanol–water partition coefficient (Wildman–Crippen LogP) is 3.51. The molecule has 31 heavy (non-hydrogen) atoms. The molecule has 10 heteroatoms. The summed E-state index contributed by atoms with van der Waals surface area (Å²) in [6, 6.07) is 9.21. The minimum absolute atomic E-state index is 0.107. The molecule has 0 spiro atoms. The van der Waals surface area contributed by atoms with Crippen molar-refractivity contribution in [3.05, 3.63) is 71.0 Å². The van der Waals surface area contributed by atoms with Gasteiger partial charge in [-0.25, -0.2) is 4.98 Å². The first-order valence-electron chi connectivity index (χ1n) is 9.16. The van der Waals surface area contributed by atoms with E-state index in [9.17, 15) is 22.8 Å². The highest BCUT2D eigenvalue weighted by Gasteiger charge is 2.30. The van der Waals surface area contributed by atoms with Crippen molar-refractivity contribution in [2.45, 2.75) is 12.7 Å². The highest BCUT2D eigenvalue weighted by atomic mass is 19.4. The molecule has 3 aromatic rings. The van der Waals surface area contributed by atoms with Crippen LogP contribution in [0.4, 0.5) is 18.9 Å². The molecule has 3 rings (SSSR count). The first-order chi connectivity index (χ1) is 14.5. The van der Waals surface area contributed by atoms with E-state index in [-0.39, 0.29) is 17.1 Å². The van der Waals surface area contributed by atoms with Gasteiger partial charge in [-0.3, -0.25) is 9.59 Å². The molecule has 0 saturated carbocycles. The maximum Gasteiger partial charge on any atom is 0.416 e. The number of nitrogens with two attached hydrogens (primary N) is 1. The van der Waals surface area contributed by atoms with Crippen molar-refractivity contribution >= 4 is 17.5 Å². The lowest BCUT2D eigenvalue weighted by atomic mass is 10.1. The highest BCUT2D eigenvalue weighted by Crippen LogP contribution is 2.30. The molecule has 2 aromatic carbocycles. The molecule has 1 heterocycles. The number of H-pyrrole nitrogens is 1. The Balaban J connectivity index is 1.83. The summed E-state index contributed by atoms with van der Waals surface area (Å²) in [7, 11) is 3.72. The second kappa shape index (κ2) is 8.60. The number of aromatic amines is 1. The number of alkyl halides is 3. The van der Waals surface area contributed by atoms with Gasteiger partial charge in [-0.1, -0.05) is 18.2 Å². The third kappa shape index (κ3) is 5.28. The van der Waals surface area contributed by atoms with Gasteiger partial charge in [0.05, 0.1) is 11.8 Å². The van der Waals surface area contributed by atoms with Crippen molar-refractivity contribution in [2.24, 2.45) is 5.73 Å². The maximum absolute atomic E-state index is 12.7. The van der Waals surface area contributed by atoms with Gasteiger partial charge in [-0.05, 0) is 43.9 Å². The average molecular weight is 431 g/mol. The molecule has 0 aliphatic carbocycles. The zero-order chi connectivity index (χ0) is 22.8. The first kappa shape index (κ1) is 22.0. The summed E-state index contributed by atoms with van der Waals surface area (Å²) in [5.74, 6) is -0.899. The third-order valence-electron chi connectivity index (χ3n) is 4.44. The van der Waals surface area contributed by atoms with Gasteiger partial charge < -0.3 is 20.9 Å². The summed E-state index contributed by atoms with van der Waals surface area (Å²) in [6.45, 7) is 0.508. The van der Waals surface area contributed by atoms with Crippen LogP contribution in [0, 0.1) is 0 Å². The van der Waals surface area contributed by atoms with Crippen LogP contribution in [0.3, 0.4) is 0 Å². The smallest absolute Gasteiger partial charge is 0.366 e. The summed E-state index contributed by atoms with van der Waals surface area (Å²) < 4.78 is 38.2. The number of rotatable bonds is 6. The molecule has 1 aromatic heterocycles. The van der Waals surface area contributed by atoms with Crippen LogP contribution in [0.5, 0.6) is 0 Å². The Labute approximate surface area is 176 Å². The normalized spacial score (nSPS) is 11.5. The van der Waals surface area contributed by atoms with E-state index in [0.29, 0.717) is 17.8 Å². The van der Waals surface area contributed by atoms with E-state index in [4.69, 9.17) is 5.73 Å². The third-order valence-corrected chi connectivity index (χ3v) is 4.44. The molecule has 0 unspecified atom stereocenters. The molecule has 0 fully saturated rings. The van der Waals surface area contributed by atoms with Gasteiger partial charge in [0, 0.05) is 23.4 Å². The number of amides is 2. The summed E-state index contributed by atoms with van der Waals surface area (Å²) in [4.78, 5) is 33.0. The molecule has 162 valence electrons. The number of nitrogens with one attached hydrogen (secondary N) is 2. The zero-order valence-corrected chi connectivity index (χ0v) is 16.7. The Morgan fingerprint density at radius 1 is 1.13 bits per heavy atom. The molecule has 0 aliphatic rings. The van der Waals surface area contributed by atoms with E-state index in [2.05, 4.69) is 15.3 Å². The molecule has 2 amide bonds. The van der Waals surface area contributed by atoms with Gasteiger partial charge in [0.2, 0.25) is 5.91 Å². The predicted molar refractivity (Wildman–Crippen MR) is 109 cm³/mol. The summed E-state index contributed by atoms with van der Waals surface area (Å²) in [6.07, 6.45) is -3.15. The Bertz CT molecular complexity index is 1100. The van der Waals surface area contributed by atoms with Crippen molar-refractivity contribution in [3.8, 4) is 11.4 Å². The number of primary amides is 1. The van der Waals surface area contributed by atoms with Crippen LogP contribution in [-0.4, -0.2) is 40.8 Å². The van der Waals surface area contributed by atoms with E-state index in [1.165, 1.54) is 24.4 Å². The first-order valence-corrected chi connectivity index (χ1v) is 9.16. The van der Waals surface area contributed by atoms with Gasteiger partial charge in [0.1, 0.15) is 11.5 Å². The van der Waals surface area contributed by atoms with E-state index < -0.39 is 23.6 Å². The van der Waals surface area contributed by atoms with Crippen molar-refractivity contribution < 1.29 is 22.8 Å². The highest BCUT2D eigenvalue weighted by molar-refractivity contribution is 6.04. The number of carbonyl (C=O) groups excluding carboxylic acids is 2. The summed E-state index contributed by atoms with van der Waals surface area (Å²) >= 11 is 0. The monoisotopic (exact) mass is 431 g/mol. The van der Waals surface area contributed by atoms with Gasteiger partial charge in [-0.2, -0.15) is 13.2 Å². The van der Waals surface area contributed by atoms with Crippen LogP contribution < -0.4 is 11.1 Å². The molecule has 4 N–H and O–H groups in total. The molecule has 7 nitrogen and oxygen atoms in total. The van der Waals surface area contributed by atoms with Crippen LogP contribution in [0.15, 0.2) is 48.7 Å². The van der Waals surface area contributed by atoms with E-state index in [1.54, 1.807) is 12.1 Å². The van der Waals surface area contributed by atoms with Crippen molar-refractivity contribution in [1.82, 2.24) is 14.9 Å². The number of anilines is 1. The van der Waals surface area contributed by atoms with Crippen molar-refractivity contribution in [2.75, 3.05) is 19.4 Å². The van der Waals surface area contributed by atoms with Crippen LogP contribution in [0.2, 0.25) is 0 Å². The van der Waals surface area contributed by atoms with Gasteiger partial charge in [0.25, 0.3) is 5.91 Å². The standard InChI is InChI=1S/C21H20F3N5O2/c1-29(2)11-14-4-3-13(18(25)30)9-16(14)28-20(31)17-10-26-19(27-17)12-5-7-15(8-6-12)21(22,23)24/h3-10H,11H2,1-2H3,(H2,25,30)(H,26,27)(H,28,31). The Hall–Kier alpha value is -3.66. The minimum Gasteiger partial charge on any atom is -0.366 e. The Morgan fingerprint density at radius 2 is 1.81 bits per heavy atom. The van der Waals surface area contributed by atoms with Gasteiger partial charge >= 0.3 is 6.18 Å². The second-order valence-electron chi connectivity index (χ2n) is 7.15. The topological polar surface area (TPSA) is 104 Å². The van der Waals surface area contributed by atoms with E-state index >= 15 is 0 Å². The molecule has 0 bridgehead atoms. The summed E-state index contributed by atoms with van der Waals surface area (Å²) in [5, 5.41) is 2.73. The molecule has 0 aliphatic heterocycles. The SMILES string of the molecule is CN(C)Cc1ccc(C(N)=O)cc1NC(=O)c1cnc(-c2ccc(C(F)(F)F)cc2)[nH]1. The lowest BCUT2D eigenvalue weighted by Crippen LogP contribution is -2.18. The largest absolute Gasteiger partial charge is 0.416 e. The van der Waals surface area contributed by atoms with Crippen LogP contribution >= 0.6 is 0 Å². The lowest BCUT2D eigenvalue weighted by Gasteiger charge is -2.15. The molecule has 0 atom stereocenters. The fourth-order valence-corrected chi connectivity index (χ4v) is 2.91. The van der Waals surface area contributed by atoms with E-state index in [1.807, 2.05) is 19.0 Å².